The number of carbonyl (C=O) groups excluding carboxylic acids is 2. The van der Waals surface area contributed by atoms with E-state index >= 15 is 0 Å². The zero-order valence-corrected chi connectivity index (χ0v) is 24.3. The van der Waals surface area contributed by atoms with Gasteiger partial charge in [0.25, 0.3) is 10.0 Å². The highest BCUT2D eigenvalue weighted by Crippen LogP contribution is 2.26. The van der Waals surface area contributed by atoms with E-state index in [0.29, 0.717) is 18.9 Å². The van der Waals surface area contributed by atoms with Crippen LogP contribution in [0.4, 0.5) is 10.1 Å². The SMILES string of the molecule is CCNC(=O)[C@@H](C)N(Cc1cccc(Br)c1)C(=O)CN(c1ccc(F)cc1)S(=O)(=O)c1ccc(OCC)cc1. The third-order valence-electron chi connectivity index (χ3n) is 5.88. The summed E-state index contributed by atoms with van der Waals surface area (Å²) in [6.07, 6.45) is 0. The number of amides is 2. The molecule has 39 heavy (non-hydrogen) atoms. The van der Waals surface area contributed by atoms with Crippen LogP contribution in [0.5, 0.6) is 5.75 Å². The number of nitrogens with zero attached hydrogens (tertiary/aromatic N) is 2. The maximum atomic E-state index is 13.8. The largest absolute Gasteiger partial charge is 0.494 e. The molecule has 0 heterocycles. The molecule has 208 valence electrons. The van der Waals surface area contributed by atoms with E-state index < -0.39 is 34.3 Å². The van der Waals surface area contributed by atoms with Crippen LogP contribution in [-0.4, -0.2) is 50.9 Å². The molecule has 0 aromatic heterocycles. The molecule has 1 N–H and O–H groups in total. The van der Waals surface area contributed by atoms with Crippen LogP contribution >= 0.6 is 15.9 Å². The van der Waals surface area contributed by atoms with Gasteiger partial charge in [0, 0.05) is 17.6 Å². The molecule has 0 aliphatic rings. The summed E-state index contributed by atoms with van der Waals surface area (Å²) in [6, 6.07) is 17.0. The van der Waals surface area contributed by atoms with Gasteiger partial charge in [0.2, 0.25) is 11.8 Å². The van der Waals surface area contributed by atoms with Gasteiger partial charge < -0.3 is 15.0 Å². The van der Waals surface area contributed by atoms with Crippen molar-refractivity contribution in [2.75, 3.05) is 24.0 Å². The van der Waals surface area contributed by atoms with Crippen LogP contribution in [0, 0.1) is 5.82 Å². The molecule has 3 aromatic rings. The summed E-state index contributed by atoms with van der Waals surface area (Å²) in [4.78, 5) is 27.8. The Morgan fingerprint density at radius 1 is 1.03 bits per heavy atom. The minimum Gasteiger partial charge on any atom is -0.494 e. The van der Waals surface area contributed by atoms with Gasteiger partial charge in [0.1, 0.15) is 24.2 Å². The summed E-state index contributed by atoms with van der Waals surface area (Å²) in [7, 11) is -4.26. The van der Waals surface area contributed by atoms with E-state index in [9.17, 15) is 22.4 Å². The molecule has 1 atom stereocenters. The number of benzene rings is 3. The third-order valence-corrected chi connectivity index (χ3v) is 8.16. The summed E-state index contributed by atoms with van der Waals surface area (Å²) < 4.78 is 48.4. The maximum absolute atomic E-state index is 13.8. The molecule has 8 nitrogen and oxygen atoms in total. The molecule has 0 aliphatic heterocycles. The minimum atomic E-state index is -4.26. The smallest absolute Gasteiger partial charge is 0.264 e. The topological polar surface area (TPSA) is 96.0 Å². The summed E-state index contributed by atoms with van der Waals surface area (Å²) in [6.45, 7) is 5.41. The molecule has 0 saturated heterocycles. The lowest BCUT2D eigenvalue weighted by Gasteiger charge is -2.32. The highest BCUT2D eigenvalue weighted by Gasteiger charge is 2.32. The average molecular weight is 621 g/mol. The highest BCUT2D eigenvalue weighted by atomic mass is 79.9. The molecule has 0 radical (unpaired) electrons. The van der Waals surface area contributed by atoms with E-state index in [4.69, 9.17) is 4.74 Å². The van der Waals surface area contributed by atoms with Gasteiger partial charge in [0.15, 0.2) is 0 Å². The van der Waals surface area contributed by atoms with Gasteiger partial charge in [-0.05, 0) is 87.0 Å². The van der Waals surface area contributed by atoms with E-state index in [0.717, 1.165) is 26.5 Å². The molecule has 3 aromatic carbocycles. The van der Waals surface area contributed by atoms with Gasteiger partial charge in [-0.15, -0.1) is 0 Å². The number of rotatable bonds is 12. The quantitative estimate of drug-likeness (QED) is 0.316. The average Bonchev–Trinajstić information content (AvgIpc) is 2.91. The van der Waals surface area contributed by atoms with Crippen molar-refractivity contribution in [3.8, 4) is 5.75 Å². The Balaban J connectivity index is 2.01. The fraction of sp³-hybridized carbons (Fsp3) is 0.286. The van der Waals surface area contributed by atoms with Crippen LogP contribution in [0.1, 0.15) is 26.3 Å². The fourth-order valence-electron chi connectivity index (χ4n) is 3.87. The number of anilines is 1. The number of sulfonamides is 1. The second-order valence-corrected chi connectivity index (χ2v) is 11.4. The van der Waals surface area contributed by atoms with Crippen LogP contribution in [0.15, 0.2) is 82.2 Å². The Labute approximate surface area is 236 Å². The maximum Gasteiger partial charge on any atom is 0.264 e. The standard InChI is InChI=1S/C28H31BrFN3O5S/c1-4-31-28(35)20(3)32(18-21-7-6-8-22(29)17-21)27(34)19-33(24-11-9-23(30)10-12-24)39(36,37)26-15-13-25(14-16-26)38-5-2/h6-17,20H,4-5,18-19H2,1-3H3,(H,31,35)/t20-/m1/s1. The Morgan fingerprint density at radius 2 is 1.69 bits per heavy atom. The first-order chi connectivity index (χ1) is 18.6. The zero-order valence-electron chi connectivity index (χ0n) is 21.9. The van der Waals surface area contributed by atoms with E-state index in [-0.39, 0.29) is 23.0 Å². The molecule has 0 spiro atoms. The Bertz CT molecular complexity index is 1390. The van der Waals surface area contributed by atoms with Crippen molar-refractivity contribution in [2.24, 2.45) is 0 Å². The van der Waals surface area contributed by atoms with Gasteiger partial charge in [-0.25, -0.2) is 12.8 Å². The van der Waals surface area contributed by atoms with E-state index in [1.165, 1.54) is 41.3 Å². The second kappa shape index (κ2) is 13.6. The van der Waals surface area contributed by atoms with E-state index in [1.54, 1.807) is 19.9 Å². The summed E-state index contributed by atoms with van der Waals surface area (Å²) in [5.41, 5.74) is 0.850. The molecule has 0 fully saturated rings. The predicted octanol–water partition coefficient (Wildman–Crippen LogP) is 4.74. The zero-order chi connectivity index (χ0) is 28.6. The van der Waals surface area contributed by atoms with Crippen molar-refractivity contribution in [3.63, 3.8) is 0 Å². The molecule has 0 aliphatic carbocycles. The molecule has 0 unspecified atom stereocenters. The lowest BCUT2D eigenvalue weighted by atomic mass is 10.1. The van der Waals surface area contributed by atoms with Gasteiger partial charge >= 0.3 is 0 Å². The number of nitrogens with one attached hydrogen (secondary N) is 1. The second-order valence-electron chi connectivity index (χ2n) is 8.61. The fourth-order valence-corrected chi connectivity index (χ4v) is 5.74. The summed E-state index contributed by atoms with van der Waals surface area (Å²) >= 11 is 3.41. The van der Waals surface area contributed by atoms with Crippen molar-refractivity contribution in [1.29, 1.82) is 0 Å². The normalized spacial score (nSPS) is 11.9. The van der Waals surface area contributed by atoms with E-state index in [2.05, 4.69) is 21.2 Å². The minimum absolute atomic E-state index is 0.0664. The number of ether oxygens (including phenoxy) is 1. The first kappa shape index (κ1) is 30.1. The molecule has 3 rings (SSSR count). The number of halogens is 2. The number of hydrogen-bond donors (Lipinski definition) is 1. The summed E-state index contributed by atoms with van der Waals surface area (Å²) in [5.74, 6) is -1.03. The van der Waals surface area contributed by atoms with E-state index in [1.807, 2.05) is 25.1 Å². The van der Waals surface area contributed by atoms with Crippen molar-refractivity contribution >= 4 is 43.5 Å². The lowest BCUT2D eigenvalue weighted by molar-refractivity contribution is -0.139. The number of hydrogen-bond acceptors (Lipinski definition) is 5. The van der Waals surface area contributed by atoms with Crippen LogP contribution in [0.2, 0.25) is 0 Å². The molecule has 0 saturated carbocycles. The number of likely N-dealkylation sites (N-methyl/N-ethyl adjacent to an activating group) is 1. The number of carbonyl (C=O) groups is 2. The van der Waals surface area contributed by atoms with Crippen LogP contribution < -0.4 is 14.4 Å². The lowest BCUT2D eigenvalue weighted by Crippen LogP contribution is -2.51. The van der Waals surface area contributed by atoms with Crippen LogP contribution in [0.3, 0.4) is 0 Å². The predicted molar refractivity (Wildman–Crippen MR) is 151 cm³/mol. The Kier molecular flexibility index (Phi) is 10.5. The Morgan fingerprint density at radius 3 is 2.28 bits per heavy atom. The summed E-state index contributed by atoms with van der Waals surface area (Å²) in [5, 5.41) is 2.71. The van der Waals surface area contributed by atoms with Gasteiger partial charge in [-0.1, -0.05) is 28.1 Å². The molecule has 11 heteroatoms. The monoisotopic (exact) mass is 619 g/mol. The van der Waals surface area contributed by atoms with Crippen molar-refractivity contribution in [3.05, 3.63) is 88.6 Å². The third kappa shape index (κ3) is 7.79. The van der Waals surface area contributed by atoms with Crippen molar-refractivity contribution in [1.82, 2.24) is 10.2 Å². The highest BCUT2D eigenvalue weighted by molar-refractivity contribution is 9.10. The molecular weight excluding hydrogens is 589 g/mol. The van der Waals surface area contributed by atoms with Crippen molar-refractivity contribution in [2.45, 2.75) is 38.3 Å². The van der Waals surface area contributed by atoms with Gasteiger partial charge in [-0.3, -0.25) is 13.9 Å². The van der Waals surface area contributed by atoms with Gasteiger partial charge in [-0.2, -0.15) is 0 Å². The molecule has 0 bridgehead atoms. The van der Waals surface area contributed by atoms with Crippen LogP contribution in [0.25, 0.3) is 0 Å². The van der Waals surface area contributed by atoms with Crippen LogP contribution in [-0.2, 0) is 26.2 Å². The van der Waals surface area contributed by atoms with Gasteiger partial charge in [0.05, 0.1) is 17.2 Å². The van der Waals surface area contributed by atoms with Crippen molar-refractivity contribution < 1.29 is 27.1 Å². The molecule has 2 amide bonds. The first-order valence-corrected chi connectivity index (χ1v) is 14.6. The Hall–Kier alpha value is -3.44. The molecular formula is C28H31BrFN3O5S. The first-order valence-electron chi connectivity index (χ1n) is 12.4.